The zero-order valence-corrected chi connectivity index (χ0v) is 23.2. The van der Waals surface area contributed by atoms with Crippen LogP contribution in [0, 0.1) is 0 Å². The Morgan fingerprint density at radius 1 is 1.06 bits per heavy atom. The maximum atomic E-state index is 6.40. The molecule has 1 aliphatic rings. The minimum atomic E-state index is -1.16. The van der Waals surface area contributed by atoms with Gasteiger partial charge in [-0.25, -0.2) is 4.98 Å². The number of hydrogen-bond acceptors (Lipinski definition) is 5. The number of fused-ring (bicyclic) bond motifs is 5. The molecule has 34 heavy (non-hydrogen) atoms. The van der Waals surface area contributed by atoms with Crippen LogP contribution in [-0.4, -0.2) is 63.4 Å². The van der Waals surface area contributed by atoms with E-state index < -0.39 is 8.07 Å². The molecule has 0 fully saturated rings. The van der Waals surface area contributed by atoms with Crippen molar-refractivity contribution in [3.8, 4) is 22.5 Å². The van der Waals surface area contributed by atoms with E-state index in [-0.39, 0.29) is 6.10 Å². The molecule has 1 aliphatic heterocycles. The van der Waals surface area contributed by atoms with Gasteiger partial charge in [0.05, 0.1) is 24.6 Å². The van der Waals surface area contributed by atoms with E-state index in [1.54, 1.807) is 11.8 Å². The van der Waals surface area contributed by atoms with Crippen molar-refractivity contribution in [2.24, 2.45) is 0 Å². The van der Waals surface area contributed by atoms with Gasteiger partial charge in [-0.2, -0.15) is 0 Å². The van der Waals surface area contributed by atoms with Gasteiger partial charge in [-0.05, 0) is 44.4 Å². The third kappa shape index (κ3) is 6.33. The quantitative estimate of drug-likeness (QED) is 0.185. The zero-order chi connectivity index (χ0) is 24.3. The maximum Gasteiger partial charge on any atom is 0.138 e. The fourth-order valence-corrected chi connectivity index (χ4v) is 5.74. The molecule has 1 atom stereocenters. The first-order chi connectivity index (χ1) is 16.2. The van der Waals surface area contributed by atoms with Crippen LogP contribution in [0.1, 0.15) is 11.9 Å². The highest BCUT2D eigenvalue weighted by Gasteiger charge is 2.27. The van der Waals surface area contributed by atoms with E-state index in [1.165, 1.54) is 4.90 Å². The summed E-state index contributed by atoms with van der Waals surface area (Å²) >= 11 is 8.15. The average molecular weight is 516 g/mol. The number of likely N-dealkylation sites (N-methyl/N-ethyl adjacent to an activating group) is 1. The number of benzene rings is 2. The monoisotopic (exact) mass is 515 g/mol. The number of rotatable bonds is 10. The lowest BCUT2D eigenvalue weighted by Gasteiger charge is -2.20. The van der Waals surface area contributed by atoms with Gasteiger partial charge in [-0.1, -0.05) is 61.2 Å². The van der Waals surface area contributed by atoms with Crippen molar-refractivity contribution in [1.29, 1.82) is 0 Å². The molecule has 0 radical (unpaired) electrons. The number of hydrogen-bond donors (Lipinski definition) is 1. The molecule has 5 nitrogen and oxygen atoms in total. The van der Waals surface area contributed by atoms with Crippen LogP contribution < -0.4 is 0 Å². The predicted molar refractivity (Wildman–Crippen MR) is 145 cm³/mol. The summed E-state index contributed by atoms with van der Waals surface area (Å²) < 4.78 is 12.4. The lowest BCUT2D eigenvalue weighted by atomic mass is 10.1. The Morgan fingerprint density at radius 2 is 1.82 bits per heavy atom. The van der Waals surface area contributed by atoms with Crippen molar-refractivity contribution >= 4 is 31.4 Å². The summed E-state index contributed by atoms with van der Waals surface area (Å²) in [4.78, 5) is 13.1. The number of nitrogens with zero attached hydrogens (tertiary/aromatic N) is 2. The Labute approximate surface area is 213 Å². The molecule has 8 heteroatoms. The summed E-state index contributed by atoms with van der Waals surface area (Å²) in [7, 11) is 2.94. The summed E-state index contributed by atoms with van der Waals surface area (Å²) in [6.45, 7) is 9.76. The number of ether oxygens (including phenoxy) is 2. The second-order valence-corrected chi connectivity index (χ2v) is 17.3. The zero-order valence-electron chi connectivity index (χ0n) is 20.7. The first-order valence-corrected chi connectivity index (χ1v) is 16.6. The molecule has 0 spiro atoms. The molecule has 1 aromatic heterocycles. The molecule has 2 heterocycles. The number of halogens is 1. The SMILES string of the molecule is CN(C)CCOC(COCC[Si](C)(C)C)c1nc2c([nH]1)-c1ccccc1Sc1ccc(Cl)cc1-2. The van der Waals surface area contributed by atoms with Gasteiger partial charge >= 0.3 is 0 Å². The maximum absolute atomic E-state index is 6.40. The van der Waals surface area contributed by atoms with Gasteiger partial charge in [0.1, 0.15) is 11.9 Å². The summed E-state index contributed by atoms with van der Waals surface area (Å²) in [5.41, 5.74) is 4.09. The van der Waals surface area contributed by atoms with Gasteiger partial charge in [0.2, 0.25) is 0 Å². The minimum Gasteiger partial charge on any atom is -0.379 e. The molecule has 0 saturated heterocycles. The Balaban J connectivity index is 1.68. The van der Waals surface area contributed by atoms with E-state index in [0.29, 0.717) is 18.2 Å². The van der Waals surface area contributed by atoms with Gasteiger partial charge < -0.3 is 19.4 Å². The van der Waals surface area contributed by atoms with Crippen molar-refractivity contribution in [2.45, 2.75) is 41.6 Å². The largest absolute Gasteiger partial charge is 0.379 e. The fourth-order valence-electron chi connectivity index (χ4n) is 3.74. The highest BCUT2D eigenvalue weighted by molar-refractivity contribution is 7.99. The third-order valence-electron chi connectivity index (χ3n) is 5.72. The molecule has 1 unspecified atom stereocenters. The number of imidazole rings is 1. The van der Waals surface area contributed by atoms with Crippen molar-refractivity contribution in [3.63, 3.8) is 0 Å². The molecule has 0 aliphatic carbocycles. The van der Waals surface area contributed by atoms with Gasteiger partial charge in [-0.15, -0.1) is 0 Å². The van der Waals surface area contributed by atoms with E-state index >= 15 is 0 Å². The predicted octanol–water partition coefficient (Wildman–Crippen LogP) is 6.84. The Kier molecular flexibility index (Phi) is 8.22. The minimum absolute atomic E-state index is 0.268. The van der Waals surface area contributed by atoms with E-state index in [9.17, 15) is 0 Å². The van der Waals surface area contributed by atoms with Gasteiger partial charge in [0.25, 0.3) is 0 Å². The molecular formula is C26H34ClN3O2SSi. The van der Waals surface area contributed by atoms with Crippen LogP contribution in [0.15, 0.2) is 52.3 Å². The molecule has 182 valence electrons. The summed E-state index contributed by atoms with van der Waals surface area (Å²) in [5.74, 6) is 0.796. The van der Waals surface area contributed by atoms with Crippen LogP contribution >= 0.6 is 23.4 Å². The molecule has 1 N–H and O–H groups in total. The van der Waals surface area contributed by atoms with Crippen molar-refractivity contribution < 1.29 is 9.47 Å². The molecule has 0 amide bonds. The van der Waals surface area contributed by atoms with Crippen LogP contribution in [0.2, 0.25) is 30.7 Å². The Bertz CT molecular complexity index is 1130. The molecular weight excluding hydrogens is 482 g/mol. The van der Waals surface area contributed by atoms with E-state index in [0.717, 1.165) is 52.4 Å². The van der Waals surface area contributed by atoms with E-state index in [1.807, 2.05) is 26.2 Å². The molecule has 2 aromatic carbocycles. The number of aromatic nitrogens is 2. The second kappa shape index (κ2) is 11.0. The fraction of sp³-hybridized carbons (Fsp3) is 0.423. The van der Waals surface area contributed by atoms with E-state index in [2.05, 4.69) is 59.9 Å². The smallest absolute Gasteiger partial charge is 0.138 e. The molecule has 0 bridgehead atoms. The Morgan fingerprint density at radius 3 is 2.59 bits per heavy atom. The van der Waals surface area contributed by atoms with Crippen molar-refractivity contribution in [3.05, 3.63) is 53.3 Å². The first kappa shape index (κ1) is 25.5. The van der Waals surface area contributed by atoms with E-state index in [4.69, 9.17) is 26.1 Å². The lowest BCUT2D eigenvalue weighted by Crippen LogP contribution is -2.24. The van der Waals surface area contributed by atoms with Gasteiger partial charge in [-0.3, -0.25) is 0 Å². The average Bonchev–Trinajstić information content (AvgIpc) is 3.16. The topological polar surface area (TPSA) is 50.4 Å². The van der Waals surface area contributed by atoms with Crippen molar-refractivity contribution in [1.82, 2.24) is 14.9 Å². The van der Waals surface area contributed by atoms with Crippen LogP contribution in [0.25, 0.3) is 22.5 Å². The third-order valence-corrected chi connectivity index (χ3v) is 8.81. The van der Waals surface area contributed by atoms with Crippen molar-refractivity contribution in [2.75, 3.05) is 40.5 Å². The number of aromatic amines is 1. The highest BCUT2D eigenvalue weighted by atomic mass is 35.5. The number of H-pyrrole nitrogens is 1. The summed E-state index contributed by atoms with van der Waals surface area (Å²) in [5, 5.41) is 0.703. The normalized spacial score (nSPS) is 13.9. The summed E-state index contributed by atoms with van der Waals surface area (Å²) in [6, 6.07) is 15.6. The van der Waals surface area contributed by atoms with Crippen LogP contribution in [0.4, 0.5) is 0 Å². The van der Waals surface area contributed by atoms with Gasteiger partial charge in [0, 0.05) is 47.2 Å². The van der Waals surface area contributed by atoms with Crippen LogP contribution in [-0.2, 0) is 9.47 Å². The lowest BCUT2D eigenvalue weighted by molar-refractivity contribution is -0.0231. The van der Waals surface area contributed by atoms with Gasteiger partial charge in [0.15, 0.2) is 0 Å². The molecule has 0 saturated carbocycles. The first-order valence-electron chi connectivity index (χ1n) is 11.7. The molecule has 3 aromatic rings. The highest BCUT2D eigenvalue weighted by Crippen LogP contribution is 2.47. The van der Waals surface area contributed by atoms with Crippen LogP contribution in [0.3, 0.4) is 0 Å². The standard InChI is InChI=1S/C26H34ClN3O2SSi/c1-30(2)12-13-32-21(17-31-14-15-34(3,4)5)26-28-24-19-8-6-7-9-22(19)33-23-11-10-18(27)16-20(23)25(24)29-26/h6-11,16,21H,12-15,17H2,1-5H3,(H,28,29). The number of nitrogens with one attached hydrogen (secondary N) is 1. The molecule has 4 rings (SSSR count). The summed E-state index contributed by atoms with van der Waals surface area (Å²) in [6.07, 6.45) is -0.268. The Hall–Kier alpha value is -1.61. The second-order valence-electron chi connectivity index (χ2n) is 10.1. The van der Waals surface area contributed by atoms with Crippen LogP contribution in [0.5, 0.6) is 0 Å².